The Bertz CT molecular complexity index is 786. The first-order chi connectivity index (χ1) is 13.1. The molecule has 7 nitrogen and oxygen atoms in total. The summed E-state index contributed by atoms with van der Waals surface area (Å²) in [5.74, 6) is 1.13. The van der Waals surface area contributed by atoms with Crippen molar-refractivity contribution in [3.8, 4) is 11.5 Å². The highest BCUT2D eigenvalue weighted by Gasteiger charge is 2.21. The molecule has 1 aromatic heterocycles. The van der Waals surface area contributed by atoms with Crippen LogP contribution < -0.4 is 19.7 Å². The molecular weight excluding hydrogens is 416 g/mol. The van der Waals surface area contributed by atoms with Gasteiger partial charge >= 0.3 is 0 Å². The number of hydrogen-bond acceptors (Lipinski definition) is 6. The molecule has 1 saturated heterocycles. The van der Waals surface area contributed by atoms with Crippen molar-refractivity contribution in [2.75, 3.05) is 49.7 Å². The molecule has 1 aliphatic heterocycles. The zero-order valence-electron chi connectivity index (χ0n) is 15.4. The second kappa shape index (κ2) is 9.14. The average molecular weight is 439 g/mol. The Hall–Kier alpha value is -2.19. The highest BCUT2D eigenvalue weighted by Crippen LogP contribution is 2.39. The van der Waals surface area contributed by atoms with Crippen LogP contribution in [0.25, 0.3) is 0 Å². The molecule has 0 saturated carbocycles. The van der Waals surface area contributed by atoms with Crippen molar-refractivity contribution in [2.24, 2.45) is 0 Å². The third-order valence-electron chi connectivity index (χ3n) is 4.06. The van der Waals surface area contributed by atoms with Gasteiger partial charge in [0.15, 0.2) is 10.4 Å². The standard InChI is InChI=1S/C19H23BrN2O5/c1-3-25-16-12-14(22-7-9-24-10-8-22)17(26-4-2)11-13(16)21-19(23)15-5-6-18(20)27-15/h5-6,11-12H,3-4,7-10H2,1-2H3,(H,21,23). The van der Waals surface area contributed by atoms with E-state index in [4.69, 9.17) is 18.6 Å². The molecule has 0 bridgehead atoms. The molecule has 2 aromatic rings. The number of rotatable bonds is 7. The highest BCUT2D eigenvalue weighted by molar-refractivity contribution is 9.10. The number of carbonyl (C=O) groups excluding carboxylic acids is 1. The van der Waals surface area contributed by atoms with Crippen molar-refractivity contribution in [1.82, 2.24) is 0 Å². The first-order valence-corrected chi connectivity index (χ1v) is 9.74. The average Bonchev–Trinajstić information content (AvgIpc) is 3.11. The summed E-state index contributed by atoms with van der Waals surface area (Å²) in [6.07, 6.45) is 0. The van der Waals surface area contributed by atoms with Gasteiger partial charge in [-0.15, -0.1) is 0 Å². The van der Waals surface area contributed by atoms with E-state index in [-0.39, 0.29) is 11.7 Å². The van der Waals surface area contributed by atoms with Crippen LogP contribution in [0.3, 0.4) is 0 Å². The highest BCUT2D eigenvalue weighted by atomic mass is 79.9. The van der Waals surface area contributed by atoms with Gasteiger partial charge in [0, 0.05) is 25.2 Å². The van der Waals surface area contributed by atoms with E-state index in [1.807, 2.05) is 19.9 Å². The normalized spacial score (nSPS) is 14.1. The molecule has 1 aromatic carbocycles. The molecule has 1 amide bonds. The minimum Gasteiger partial charge on any atom is -0.492 e. The molecule has 146 valence electrons. The molecule has 1 fully saturated rings. The van der Waals surface area contributed by atoms with E-state index in [0.29, 0.717) is 48.3 Å². The summed E-state index contributed by atoms with van der Waals surface area (Å²) in [6, 6.07) is 6.99. The van der Waals surface area contributed by atoms with Gasteiger partial charge in [0.05, 0.1) is 37.8 Å². The maximum atomic E-state index is 12.5. The third kappa shape index (κ3) is 4.75. The molecule has 0 aliphatic carbocycles. The van der Waals surface area contributed by atoms with E-state index in [1.54, 1.807) is 18.2 Å². The first kappa shape index (κ1) is 19.6. The maximum absolute atomic E-state index is 12.5. The van der Waals surface area contributed by atoms with Gasteiger partial charge < -0.3 is 28.8 Å². The van der Waals surface area contributed by atoms with Crippen LogP contribution in [-0.2, 0) is 4.74 Å². The summed E-state index contributed by atoms with van der Waals surface area (Å²) in [6.45, 7) is 7.71. The van der Waals surface area contributed by atoms with Crippen LogP contribution >= 0.6 is 15.9 Å². The lowest BCUT2D eigenvalue weighted by atomic mass is 10.2. The van der Waals surface area contributed by atoms with Gasteiger partial charge in [0.1, 0.15) is 11.5 Å². The van der Waals surface area contributed by atoms with E-state index < -0.39 is 0 Å². The molecule has 0 unspecified atom stereocenters. The number of furan rings is 1. The van der Waals surface area contributed by atoms with Crippen molar-refractivity contribution in [3.63, 3.8) is 0 Å². The minimum atomic E-state index is -0.358. The van der Waals surface area contributed by atoms with Gasteiger partial charge in [0.25, 0.3) is 5.91 Å². The predicted molar refractivity (Wildman–Crippen MR) is 106 cm³/mol. The van der Waals surface area contributed by atoms with Gasteiger partial charge in [-0.3, -0.25) is 4.79 Å². The topological polar surface area (TPSA) is 73.2 Å². The van der Waals surface area contributed by atoms with E-state index in [2.05, 4.69) is 26.1 Å². The number of anilines is 2. The quantitative estimate of drug-likeness (QED) is 0.705. The van der Waals surface area contributed by atoms with Crippen LogP contribution in [0.15, 0.2) is 33.4 Å². The Kier molecular flexibility index (Phi) is 6.63. The number of ether oxygens (including phenoxy) is 3. The van der Waals surface area contributed by atoms with Crippen LogP contribution in [0.1, 0.15) is 24.4 Å². The lowest BCUT2D eigenvalue weighted by Crippen LogP contribution is -2.36. The zero-order chi connectivity index (χ0) is 19.2. The SMILES string of the molecule is CCOc1cc(N2CCOCC2)c(OCC)cc1NC(=O)c1ccc(Br)o1. The van der Waals surface area contributed by atoms with Crippen LogP contribution in [0, 0.1) is 0 Å². The lowest BCUT2D eigenvalue weighted by molar-refractivity contribution is 0.0995. The molecule has 1 N–H and O–H groups in total. The summed E-state index contributed by atoms with van der Waals surface area (Å²) in [5.41, 5.74) is 1.47. The second-order valence-corrected chi connectivity index (χ2v) is 6.62. The maximum Gasteiger partial charge on any atom is 0.291 e. The van der Waals surface area contributed by atoms with Crippen molar-refractivity contribution >= 4 is 33.2 Å². The summed E-state index contributed by atoms with van der Waals surface area (Å²) in [4.78, 5) is 14.7. The fourth-order valence-corrected chi connectivity index (χ4v) is 3.17. The van der Waals surface area contributed by atoms with E-state index in [1.165, 1.54) is 0 Å². The fraction of sp³-hybridized carbons (Fsp3) is 0.421. The Balaban J connectivity index is 1.93. The Morgan fingerprint density at radius 3 is 2.48 bits per heavy atom. The van der Waals surface area contributed by atoms with Crippen molar-refractivity contribution in [2.45, 2.75) is 13.8 Å². The van der Waals surface area contributed by atoms with Crippen LogP contribution in [0.2, 0.25) is 0 Å². The number of nitrogens with one attached hydrogen (secondary N) is 1. The summed E-state index contributed by atoms with van der Waals surface area (Å²) >= 11 is 3.20. The zero-order valence-corrected chi connectivity index (χ0v) is 17.0. The molecule has 3 rings (SSSR count). The molecule has 1 aliphatic rings. The Morgan fingerprint density at radius 2 is 1.85 bits per heavy atom. The molecular formula is C19H23BrN2O5. The summed E-state index contributed by atoms with van der Waals surface area (Å²) in [7, 11) is 0. The third-order valence-corrected chi connectivity index (χ3v) is 4.48. The second-order valence-electron chi connectivity index (χ2n) is 5.84. The smallest absolute Gasteiger partial charge is 0.291 e. The fourth-order valence-electron chi connectivity index (χ4n) is 2.86. The van der Waals surface area contributed by atoms with E-state index in [9.17, 15) is 4.79 Å². The number of hydrogen-bond donors (Lipinski definition) is 1. The summed E-state index contributed by atoms with van der Waals surface area (Å²) in [5, 5.41) is 2.85. The Morgan fingerprint density at radius 1 is 1.15 bits per heavy atom. The largest absolute Gasteiger partial charge is 0.492 e. The lowest BCUT2D eigenvalue weighted by Gasteiger charge is -2.31. The number of morpholine rings is 1. The minimum absolute atomic E-state index is 0.208. The van der Waals surface area contributed by atoms with E-state index in [0.717, 1.165) is 18.8 Å². The summed E-state index contributed by atoms with van der Waals surface area (Å²) < 4.78 is 22.9. The number of benzene rings is 1. The first-order valence-electron chi connectivity index (χ1n) is 8.95. The Labute approximate surface area is 166 Å². The molecule has 0 atom stereocenters. The monoisotopic (exact) mass is 438 g/mol. The van der Waals surface area contributed by atoms with Gasteiger partial charge in [-0.25, -0.2) is 0 Å². The van der Waals surface area contributed by atoms with Gasteiger partial charge in [-0.2, -0.15) is 0 Å². The van der Waals surface area contributed by atoms with E-state index >= 15 is 0 Å². The predicted octanol–water partition coefficient (Wildman–Crippen LogP) is 3.93. The van der Waals surface area contributed by atoms with Crippen LogP contribution in [0.4, 0.5) is 11.4 Å². The molecule has 2 heterocycles. The van der Waals surface area contributed by atoms with Crippen molar-refractivity contribution in [1.29, 1.82) is 0 Å². The van der Waals surface area contributed by atoms with Crippen molar-refractivity contribution < 1.29 is 23.4 Å². The van der Waals surface area contributed by atoms with Gasteiger partial charge in [-0.1, -0.05) is 0 Å². The number of carbonyl (C=O) groups is 1. The molecule has 0 radical (unpaired) electrons. The molecule has 8 heteroatoms. The molecule has 0 spiro atoms. The van der Waals surface area contributed by atoms with Gasteiger partial charge in [0.2, 0.25) is 0 Å². The number of halogens is 1. The number of nitrogens with zero attached hydrogens (tertiary/aromatic N) is 1. The van der Waals surface area contributed by atoms with Crippen molar-refractivity contribution in [3.05, 3.63) is 34.7 Å². The van der Waals surface area contributed by atoms with Crippen LogP contribution in [0.5, 0.6) is 11.5 Å². The molecule has 27 heavy (non-hydrogen) atoms. The van der Waals surface area contributed by atoms with Crippen LogP contribution in [-0.4, -0.2) is 45.4 Å². The number of amides is 1. The van der Waals surface area contributed by atoms with Gasteiger partial charge in [-0.05, 0) is 41.9 Å².